The van der Waals surface area contributed by atoms with Crippen molar-refractivity contribution in [2.75, 3.05) is 0 Å². The van der Waals surface area contributed by atoms with Crippen LogP contribution in [-0.2, 0) is 18.3 Å². The quantitative estimate of drug-likeness (QED) is 0.870. The van der Waals surface area contributed by atoms with Crippen LogP contribution in [0, 0.1) is 11.8 Å². The van der Waals surface area contributed by atoms with Crippen LogP contribution in [-0.4, -0.2) is 21.7 Å². The Morgan fingerprint density at radius 2 is 2.17 bits per heavy atom. The third kappa shape index (κ3) is 1.95. The number of benzene rings is 1. The summed E-state index contributed by atoms with van der Waals surface area (Å²) in [5.41, 5.74) is 6.01. The first-order valence-corrected chi connectivity index (χ1v) is 5.32. The van der Waals surface area contributed by atoms with E-state index < -0.39 is 23.8 Å². The standard InChI is InChI=1S/C12H12F2N2O2/c1-16-10-3-2-6(13)4-7(10)8(11(16)14)5-9(15)12(17)18/h2-4,9H,5,15H2,1H3,(H,17,18). The van der Waals surface area contributed by atoms with Gasteiger partial charge in [-0.3, -0.25) is 4.79 Å². The summed E-state index contributed by atoms with van der Waals surface area (Å²) in [7, 11) is 1.49. The van der Waals surface area contributed by atoms with E-state index in [-0.39, 0.29) is 12.0 Å². The highest BCUT2D eigenvalue weighted by Crippen LogP contribution is 2.26. The Kier molecular flexibility index (Phi) is 3.04. The van der Waals surface area contributed by atoms with Gasteiger partial charge < -0.3 is 15.4 Å². The largest absolute Gasteiger partial charge is 0.480 e. The van der Waals surface area contributed by atoms with Gasteiger partial charge in [0.2, 0.25) is 0 Å². The predicted octanol–water partition coefficient (Wildman–Crippen LogP) is 1.41. The SMILES string of the molecule is Cn1c(F)c(CC(N)C(=O)O)c2cc(F)ccc21. The monoisotopic (exact) mass is 254 g/mol. The molecule has 1 aromatic heterocycles. The lowest BCUT2D eigenvalue weighted by Crippen LogP contribution is -2.32. The lowest BCUT2D eigenvalue weighted by molar-refractivity contribution is -0.138. The number of rotatable bonds is 3. The Bertz CT molecular complexity index is 622. The van der Waals surface area contributed by atoms with E-state index in [1.54, 1.807) is 0 Å². The molecule has 1 atom stereocenters. The van der Waals surface area contributed by atoms with Crippen molar-refractivity contribution < 1.29 is 18.7 Å². The van der Waals surface area contributed by atoms with Crippen LogP contribution in [0.3, 0.4) is 0 Å². The van der Waals surface area contributed by atoms with Crippen molar-refractivity contribution in [3.8, 4) is 0 Å². The zero-order valence-corrected chi connectivity index (χ0v) is 9.65. The number of aromatic nitrogens is 1. The Morgan fingerprint density at radius 3 is 2.78 bits per heavy atom. The van der Waals surface area contributed by atoms with Gasteiger partial charge in [-0.2, -0.15) is 4.39 Å². The molecule has 18 heavy (non-hydrogen) atoms. The number of nitrogens with zero attached hydrogens (tertiary/aromatic N) is 1. The van der Waals surface area contributed by atoms with Gasteiger partial charge in [-0.1, -0.05) is 0 Å². The van der Waals surface area contributed by atoms with Crippen molar-refractivity contribution in [2.24, 2.45) is 12.8 Å². The Balaban J connectivity index is 2.58. The molecule has 0 saturated heterocycles. The number of halogens is 2. The van der Waals surface area contributed by atoms with E-state index in [1.165, 1.54) is 29.8 Å². The van der Waals surface area contributed by atoms with Gasteiger partial charge in [0, 0.05) is 24.4 Å². The second-order valence-corrected chi connectivity index (χ2v) is 4.14. The Morgan fingerprint density at radius 1 is 1.50 bits per heavy atom. The molecule has 0 radical (unpaired) electrons. The lowest BCUT2D eigenvalue weighted by Gasteiger charge is -2.05. The highest BCUT2D eigenvalue weighted by Gasteiger charge is 2.21. The molecule has 0 fully saturated rings. The number of hydrogen-bond donors (Lipinski definition) is 2. The summed E-state index contributed by atoms with van der Waals surface area (Å²) in [4.78, 5) is 10.7. The van der Waals surface area contributed by atoms with E-state index >= 15 is 0 Å². The van der Waals surface area contributed by atoms with E-state index in [4.69, 9.17) is 10.8 Å². The molecule has 1 heterocycles. The molecule has 1 aromatic carbocycles. The molecule has 2 rings (SSSR count). The van der Waals surface area contributed by atoms with E-state index in [0.29, 0.717) is 10.9 Å². The molecule has 0 aliphatic heterocycles. The summed E-state index contributed by atoms with van der Waals surface area (Å²) >= 11 is 0. The number of aryl methyl sites for hydroxylation is 1. The molecular weight excluding hydrogens is 242 g/mol. The van der Waals surface area contributed by atoms with E-state index in [2.05, 4.69) is 0 Å². The van der Waals surface area contributed by atoms with Gasteiger partial charge in [-0.25, -0.2) is 4.39 Å². The van der Waals surface area contributed by atoms with Crippen LogP contribution in [0.15, 0.2) is 18.2 Å². The fourth-order valence-corrected chi connectivity index (χ4v) is 1.96. The van der Waals surface area contributed by atoms with Gasteiger partial charge in [0.1, 0.15) is 11.9 Å². The molecule has 0 aliphatic carbocycles. The summed E-state index contributed by atoms with van der Waals surface area (Å²) in [6, 6.07) is 2.64. The van der Waals surface area contributed by atoms with Crippen LogP contribution in [0.1, 0.15) is 5.56 Å². The Labute approximate surface area is 102 Å². The van der Waals surface area contributed by atoms with E-state index in [1.807, 2.05) is 0 Å². The van der Waals surface area contributed by atoms with Crippen LogP contribution < -0.4 is 5.73 Å². The molecule has 96 valence electrons. The van der Waals surface area contributed by atoms with E-state index in [0.717, 1.165) is 0 Å². The number of hydrogen-bond acceptors (Lipinski definition) is 2. The molecule has 4 nitrogen and oxygen atoms in total. The number of carbonyl (C=O) groups is 1. The van der Waals surface area contributed by atoms with Crippen molar-refractivity contribution in [1.82, 2.24) is 4.57 Å². The third-order valence-electron chi connectivity index (χ3n) is 2.93. The van der Waals surface area contributed by atoms with Gasteiger partial charge in [-0.05, 0) is 18.2 Å². The number of carboxylic acids is 1. The summed E-state index contributed by atoms with van der Waals surface area (Å²) in [5.74, 6) is -2.31. The van der Waals surface area contributed by atoms with Crippen molar-refractivity contribution in [3.63, 3.8) is 0 Å². The average Bonchev–Trinajstić information content (AvgIpc) is 2.54. The molecule has 0 aliphatic rings. The molecule has 0 bridgehead atoms. The molecule has 0 saturated carbocycles. The maximum absolute atomic E-state index is 14.0. The summed E-state index contributed by atoms with van der Waals surface area (Å²) < 4.78 is 28.4. The zero-order valence-electron chi connectivity index (χ0n) is 9.65. The van der Waals surface area contributed by atoms with Crippen molar-refractivity contribution in [1.29, 1.82) is 0 Å². The average molecular weight is 254 g/mol. The fourth-order valence-electron chi connectivity index (χ4n) is 1.96. The van der Waals surface area contributed by atoms with Gasteiger partial charge in [-0.15, -0.1) is 0 Å². The number of carboxylic acid groups (broad SMARTS) is 1. The first-order valence-electron chi connectivity index (χ1n) is 5.32. The summed E-state index contributed by atoms with van der Waals surface area (Å²) in [5, 5.41) is 9.09. The fraction of sp³-hybridized carbons (Fsp3) is 0.250. The topological polar surface area (TPSA) is 68.2 Å². The molecule has 6 heteroatoms. The molecule has 0 amide bonds. The van der Waals surface area contributed by atoms with Crippen molar-refractivity contribution >= 4 is 16.9 Å². The van der Waals surface area contributed by atoms with Gasteiger partial charge in [0.25, 0.3) is 0 Å². The van der Waals surface area contributed by atoms with Crippen LogP contribution in [0.4, 0.5) is 8.78 Å². The molecule has 1 unspecified atom stereocenters. The minimum atomic E-state index is -1.22. The first-order chi connectivity index (χ1) is 8.41. The van der Waals surface area contributed by atoms with Crippen LogP contribution in [0.25, 0.3) is 10.9 Å². The number of nitrogens with two attached hydrogens (primary N) is 1. The van der Waals surface area contributed by atoms with Crippen LogP contribution >= 0.6 is 0 Å². The number of fused-ring (bicyclic) bond motifs is 1. The molecule has 2 aromatic rings. The maximum atomic E-state index is 14.0. The second kappa shape index (κ2) is 4.38. The van der Waals surface area contributed by atoms with Gasteiger partial charge in [0.05, 0.1) is 5.52 Å². The third-order valence-corrected chi connectivity index (χ3v) is 2.93. The highest BCUT2D eigenvalue weighted by molar-refractivity contribution is 5.85. The number of aliphatic carboxylic acids is 1. The molecular formula is C12H12F2N2O2. The minimum Gasteiger partial charge on any atom is -0.480 e. The van der Waals surface area contributed by atoms with Crippen molar-refractivity contribution in [3.05, 3.63) is 35.5 Å². The van der Waals surface area contributed by atoms with Gasteiger partial charge in [0.15, 0.2) is 5.95 Å². The van der Waals surface area contributed by atoms with E-state index in [9.17, 15) is 13.6 Å². The maximum Gasteiger partial charge on any atom is 0.320 e. The smallest absolute Gasteiger partial charge is 0.320 e. The van der Waals surface area contributed by atoms with Crippen LogP contribution in [0.5, 0.6) is 0 Å². The Hall–Kier alpha value is -1.95. The lowest BCUT2D eigenvalue weighted by atomic mass is 10.1. The summed E-state index contributed by atoms with van der Waals surface area (Å²) in [6.07, 6.45) is -0.179. The molecule has 3 N–H and O–H groups in total. The molecule has 0 spiro atoms. The van der Waals surface area contributed by atoms with Gasteiger partial charge >= 0.3 is 5.97 Å². The predicted molar refractivity (Wildman–Crippen MR) is 62.2 cm³/mol. The second-order valence-electron chi connectivity index (χ2n) is 4.14. The van der Waals surface area contributed by atoms with Crippen LogP contribution in [0.2, 0.25) is 0 Å². The zero-order chi connectivity index (χ0) is 13.4. The van der Waals surface area contributed by atoms with Crippen molar-refractivity contribution in [2.45, 2.75) is 12.5 Å². The summed E-state index contributed by atoms with van der Waals surface area (Å²) in [6.45, 7) is 0. The minimum absolute atomic E-state index is 0.127. The highest BCUT2D eigenvalue weighted by atomic mass is 19.1. The normalized spacial score (nSPS) is 12.9. The first kappa shape index (κ1) is 12.5.